The first-order valence-corrected chi connectivity index (χ1v) is 21.0. The van der Waals surface area contributed by atoms with Crippen molar-refractivity contribution in [2.45, 2.75) is 119 Å². The first kappa shape index (κ1) is 60.1. The van der Waals surface area contributed by atoms with Gasteiger partial charge >= 0.3 is 0 Å². The maximum absolute atomic E-state index is 11.3. The SMILES string of the molecule is CC(C)(C)c1cc(O)c(O)c(C(C)(C)C)c1.CC(C)(C)c1cc(O)c(O)c(C(C)(C)C)c1.CCNCCNC=C1C=CC=CC1=O.CCNCCNC=C1C=CC=CC1=O.[Fe].[Fe]. The third-order valence-corrected chi connectivity index (χ3v) is 9.27. The smallest absolute Gasteiger partial charge is 0.187 e. The summed E-state index contributed by atoms with van der Waals surface area (Å²) in [5.74, 6) is 0.0580. The Morgan fingerprint density at radius 3 is 1.03 bits per heavy atom. The predicted octanol–water partition coefficient (Wildman–Crippen LogP) is 8.91. The molecule has 4 rings (SSSR count). The maximum atomic E-state index is 11.3. The van der Waals surface area contributed by atoms with Crippen LogP contribution >= 0.6 is 0 Å². The minimum Gasteiger partial charge on any atom is -0.504 e. The summed E-state index contributed by atoms with van der Waals surface area (Å²) in [5, 5.41) is 51.8. The van der Waals surface area contributed by atoms with Crippen LogP contribution in [0.5, 0.6) is 23.0 Å². The fourth-order valence-electron chi connectivity index (χ4n) is 5.49. The van der Waals surface area contributed by atoms with Gasteiger partial charge in [-0.15, -0.1) is 0 Å². The van der Waals surface area contributed by atoms with E-state index in [4.69, 9.17) is 0 Å². The number of phenols is 4. The Bertz CT molecular complexity index is 1760. The average Bonchev–Trinajstić information content (AvgIpc) is 3.14. The van der Waals surface area contributed by atoms with Crippen LogP contribution in [0.1, 0.15) is 119 Å². The quantitative estimate of drug-likeness (QED) is 0.0500. The monoisotopic (exact) mass is 940 g/mol. The summed E-state index contributed by atoms with van der Waals surface area (Å²) in [6.45, 7) is 34.2. The van der Waals surface area contributed by atoms with Gasteiger partial charge in [-0.3, -0.25) is 9.59 Å². The molecule has 2 aromatic rings. The Hall–Kier alpha value is -4.02. The maximum Gasteiger partial charge on any atom is 0.187 e. The van der Waals surface area contributed by atoms with Crippen molar-refractivity contribution in [3.05, 3.63) is 119 Å². The summed E-state index contributed by atoms with van der Waals surface area (Å²) < 4.78 is 0. The molecule has 0 bridgehead atoms. The van der Waals surface area contributed by atoms with Gasteiger partial charge in [0.05, 0.1) is 0 Å². The molecule has 62 heavy (non-hydrogen) atoms. The van der Waals surface area contributed by atoms with Gasteiger partial charge in [0.25, 0.3) is 0 Å². The van der Waals surface area contributed by atoms with Gasteiger partial charge in [0.1, 0.15) is 0 Å². The van der Waals surface area contributed by atoms with E-state index in [0.29, 0.717) is 11.1 Å². The van der Waals surface area contributed by atoms with Crippen LogP contribution in [0.25, 0.3) is 0 Å². The Morgan fingerprint density at radius 2 is 0.774 bits per heavy atom. The van der Waals surface area contributed by atoms with Gasteiger partial charge in [-0.1, -0.05) is 133 Å². The molecule has 8 N–H and O–H groups in total. The summed E-state index contributed by atoms with van der Waals surface area (Å²) in [4.78, 5) is 22.5. The Morgan fingerprint density at radius 1 is 0.468 bits per heavy atom. The van der Waals surface area contributed by atoms with Crippen molar-refractivity contribution in [1.29, 1.82) is 0 Å². The summed E-state index contributed by atoms with van der Waals surface area (Å²) in [5.41, 5.74) is 4.64. The van der Waals surface area contributed by atoms with E-state index in [9.17, 15) is 30.0 Å². The molecule has 0 aliphatic heterocycles. The zero-order valence-corrected chi connectivity index (χ0v) is 41.8. The normalized spacial score (nSPS) is 14.7. The van der Waals surface area contributed by atoms with E-state index in [2.05, 4.69) is 76.7 Å². The van der Waals surface area contributed by atoms with Crippen molar-refractivity contribution >= 4 is 11.6 Å². The molecule has 0 aromatic heterocycles. The van der Waals surface area contributed by atoms with E-state index in [1.807, 2.05) is 78.0 Å². The molecule has 0 spiro atoms. The van der Waals surface area contributed by atoms with Crippen LogP contribution in [-0.2, 0) is 65.4 Å². The van der Waals surface area contributed by atoms with Crippen LogP contribution in [0.2, 0.25) is 0 Å². The molecule has 10 nitrogen and oxygen atoms in total. The molecule has 0 atom stereocenters. The summed E-state index contributed by atoms with van der Waals surface area (Å²) in [7, 11) is 0. The van der Waals surface area contributed by atoms with Crippen molar-refractivity contribution in [3.8, 4) is 23.0 Å². The van der Waals surface area contributed by atoms with E-state index in [0.717, 1.165) is 61.5 Å². The molecule has 0 radical (unpaired) electrons. The minimum atomic E-state index is -0.178. The van der Waals surface area contributed by atoms with Crippen LogP contribution in [0.4, 0.5) is 0 Å². The van der Waals surface area contributed by atoms with Gasteiger partial charge < -0.3 is 41.7 Å². The van der Waals surface area contributed by atoms with Gasteiger partial charge in [-0.05, 0) is 82.3 Å². The van der Waals surface area contributed by atoms with Gasteiger partial charge in [0.15, 0.2) is 34.6 Å². The molecule has 2 aromatic carbocycles. The number of ketones is 2. The molecule has 0 heterocycles. The number of benzene rings is 2. The van der Waals surface area contributed by atoms with Crippen LogP contribution in [0.15, 0.2) is 96.4 Å². The largest absolute Gasteiger partial charge is 0.504 e. The van der Waals surface area contributed by atoms with Gasteiger partial charge in [-0.25, -0.2) is 0 Å². The third-order valence-electron chi connectivity index (χ3n) is 9.27. The van der Waals surface area contributed by atoms with Crippen molar-refractivity contribution in [2.24, 2.45) is 0 Å². The second-order valence-corrected chi connectivity index (χ2v) is 18.8. The minimum absolute atomic E-state index is 0. The molecular formula is C50H76Fe2N4O6. The second kappa shape index (κ2) is 27.9. The molecule has 2 aliphatic rings. The predicted molar refractivity (Wildman–Crippen MR) is 250 cm³/mol. The number of carbonyl (C=O) groups excluding carboxylic acids is 2. The zero-order valence-electron chi connectivity index (χ0n) is 39.6. The number of nitrogens with one attached hydrogen (secondary N) is 4. The molecule has 0 saturated carbocycles. The number of hydrogen-bond acceptors (Lipinski definition) is 10. The molecule has 12 heteroatoms. The van der Waals surface area contributed by atoms with E-state index in [1.54, 1.807) is 48.8 Å². The van der Waals surface area contributed by atoms with E-state index in [1.165, 1.54) is 0 Å². The number of allylic oxidation sites excluding steroid dienone is 10. The fourth-order valence-corrected chi connectivity index (χ4v) is 5.49. The van der Waals surface area contributed by atoms with E-state index >= 15 is 0 Å². The Balaban J connectivity index is 0. The summed E-state index contributed by atoms with van der Waals surface area (Å²) >= 11 is 0. The van der Waals surface area contributed by atoms with Crippen LogP contribution in [0.3, 0.4) is 0 Å². The number of carbonyl (C=O) groups is 2. The van der Waals surface area contributed by atoms with Crippen molar-refractivity contribution in [1.82, 2.24) is 21.3 Å². The fraction of sp³-hybridized carbons (Fsp3) is 0.480. The Labute approximate surface area is 394 Å². The summed E-state index contributed by atoms with van der Waals surface area (Å²) in [6, 6.07) is 7.25. The molecule has 0 saturated heterocycles. The molecule has 0 amide bonds. The number of hydrogen-bond donors (Lipinski definition) is 8. The molecule has 2 aliphatic carbocycles. The van der Waals surface area contributed by atoms with E-state index < -0.39 is 0 Å². The molecule has 348 valence electrons. The standard InChI is InChI=1S/2C14H22O2.2C11H16N2O.2Fe/c2*1-13(2,3)9-7-10(14(4,5)6)12(16)11(15)8-9;2*1-2-12-7-8-13-9-10-5-3-4-6-11(10)14;;/h2*7-8,15-16H,1-6H3;2*3-6,9,12-13H,2,7-8H2,1H3;;. The topological polar surface area (TPSA) is 163 Å². The average molecular weight is 941 g/mol. The number of likely N-dealkylation sites (N-methyl/N-ethyl adjacent to an activating group) is 2. The van der Waals surface area contributed by atoms with Crippen LogP contribution < -0.4 is 21.3 Å². The first-order chi connectivity index (χ1) is 27.7. The zero-order chi connectivity index (χ0) is 45.9. The van der Waals surface area contributed by atoms with Crippen molar-refractivity contribution < 1.29 is 64.2 Å². The van der Waals surface area contributed by atoms with Gasteiger partial charge in [0, 0.05) is 95.0 Å². The second-order valence-electron chi connectivity index (χ2n) is 18.8. The summed E-state index contributed by atoms with van der Waals surface area (Å²) in [6.07, 6.45) is 17.5. The third kappa shape index (κ3) is 21.9. The van der Waals surface area contributed by atoms with E-state index in [-0.39, 0.29) is 90.4 Å². The van der Waals surface area contributed by atoms with Gasteiger partial charge in [-0.2, -0.15) is 0 Å². The molecule has 0 fully saturated rings. The Kier molecular flexibility index (Phi) is 27.0. The number of rotatable bonds is 10. The number of phenolic OH excluding ortho intramolecular Hbond substituents is 4. The van der Waals surface area contributed by atoms with Gasteiger partial charge in [0.2, 0.25) is 0 Å². The molecular weight excluding hydrogens is 864 g/mol. The van der Waals surface area contributed by atoms with Crippen molar-refractivity contribution in [3.63, 3.8) is 0 Å². The number of aromatic hydroxyl groups is 4. The van der Waals surface area contributed by atoms with Crippen LogP contribution in [0, 0.1) is 0 Å². The first-order valence-electron chi connectivity index (χ1n) is 21.0. The van der Waals surface area contributed by atoms with Crippen LogP contribution in [-0.4, -0.2) is 71.3 Å². The van der Waals surface area contributed by atoms with Crippen molar-refractivity contribution in [2.75, 3.05) is 39.3 Å². The molecule has 0 unspecified atom stereocenters.